The van der Waals surface area contributed by atoms with E-state index in [0.717, 1.165) is 28.7 Å². The number of rotatable bonds is 6. The predicted molar refractivity (Wildman–Crippen MR) is 122 cm³/mol. The van der Waals surface area contributed by atoms with Gasteiger partial charge in [0.25, 0.3) is 0 Å². The van der Waals surface area contributed by atoms with Gasteiger partial charge in [0.1, 0.15) is 11.2 Å². The van der Waals surface area contributed by atoms with Crippen molar-refractivity contribution in [1.82, 2.24) is 0 Å². The van der Waals surface area contributed by atoms with Gasteiger partial charge in [-0.3, -0.25) is 4.79 Å². The van der Waals surface area contributed by atoms with E-state index in [1.165, 1.54) is 7.11 Å². The Labute approximate surface area is 183 Å². The molecule has 4 nitrogen and oxygen atoms in total. The third-order valence-electron chi connectivity index (χ3n) is 5.81. The van der Waals surface area contributed by atoms with Crippen LogP contribution >= 0.6 is 0 Å². The molecule has 4 heteroatoms. The van der Waals surface area contributed by atoms with Crippen LogP contribution in [0, 0.1) is 0 Å². The highest BCUT2D eigenvalue weighted by Gasteiger charge is 2.57. The SMILES string of the molecule is C=C(/C=C\C(=C/CC)C1(c2ccccc2)C(=O)C(C)(C)c2ccccc21)OC(=O)OC. The molecule has 1 atom stereocenters. The Morgan fingerprint density at radius 2 is 1.61 bits per heavy atom. The zero-order chi connectivity index (χ0) is 22.6. The van der Waals surface area contributed by atoms with Gasteiger partial charge in [0.2, 0.25) is 0 Å². The summed E-state index contributed by atoms with van der Waals surface area (Å²) in [5, 5.41) is 0. The van der Waals surface area contributed by atoms with Crippen molar-refractivity contribution < 1.29 is 19.1 Å². The fraction of sp³-hybridized carbons (Fsp3) is 0.259. The van der Waals surface area contributed by atoms with Crippen LogP contribution in [-0.4, -0.2) is 19.0 Å². The van der Waals surface area contributed by atoms with E-state index in [1.54, 1.807) is 6.08 Å². The van der Waals surface area contributed by atoms with E-state index >= 15 is 0 Å². The van der Waals surface area contributed by atoms with Crippen LogP contribution in [0.25, 0.3) is 0 Å². The van der Waals surface area contributed by atoms with E-state index in [0.29, 0.717) is 0 Å². The predicted octanol–water partition coefficient (Wildman–Crippen LogP) is 6.02. The Kier molecular flexibility index (Phi) is 6.30. The molecule has 1 aliphatic carbocycles. The molecule has 0 radical (unpaired) electrons. The first kappa shape index (κ1) is 22.3. The van der Waals surface area contributed by atoms with Crippen molar-refractivity contribution in [3.63, 3.8) is 0 Å². The fourth-order valence-electron chi connectivity index (χ4n) is 4.43. The molecule has 1 aliphatic rings. The molecule has 0 spiro atoms. The van der Waals surface area contributed by atoms with Crippen molar-refractivity contribution in [2.75, 3.05) is 7.11 Å². The molecular formula is C27H28O4. The molecular weight excluding hydrogens is 388 g/mol. The van der Waals surface area contributed by atoms with Gasteiger partial charge in [-0.1, -0.05) is 80.3 Å². The highest BCUT2D eigenvalue weighted by Crippen LogP contribution is 2.54. The molecule has 1 unspecified atom stereocenters. The first-order valence-corrected chi connectivity index (χ1v) is 10.3. The quantitative estimate of drug-likeness (QED) is 0.328. The molecule has 3 rings (SSSR count). The molecule has 160 valence electrons. The Balaban J connectivity index is 2.25. The van der Waals surface area contributed by atoms with Gasteiger partial charge in [-0.05, 0) is 48.6 Å². The van der Waals surface area contributed by atoms with E-state index in [4.69, 9.17) is 4.74 Å². The maximum atomic E-state index is 14.2. The molecule has 0 bridgehead atoms. The smallest absolute Gasteiger partial charge is 0.437 e. The Morgan fingerprint density at radius 3 is 2.23 bits per heavy atom. The summed E-state index contributed by atoms with van der Waals surface area (Å²) in [7, 11) is 1.24. The standard InChI is InChI=1S/C27H28O4/c1-6-12-20(18-17-19(2)31-25(29)30-5)27(21-13-8-7-9-14-21)23-16-11-10-15-22(23)26(3,4)24(27)28/h7-18H,2,6H2,1,3-5H3/b18-17-,20-12+. The number of methoxy groups -OCH3 is 1. The van der Waals surface area contributed by atoms with Gasteiger partial charge in [0.05, 0.1) is 12.5 Å². The van der Waals surface area contributed by atoms with Gasteiger partial charge in [-0.15, -0.1) is 0 Å². The third-order valence-corrected chi connectivity index (χ3v) is 5.81. The lowest BCUT2D eigenvalue weighted by molar-refractivity contribution is -0.125. The topological polar surface area (TPSA) is 52.6 Å². The second kappa shape index (κ2) is 8.76. The lowest BCUT2D eigenvalue weighted by Gasteiger charge is -2.33. The summed E-state index contributed by atoms with van der Waals surface area (Å²) in [4.78, 5) is 25.6. The summed E-state index contributed by atoms with van der Waals surface area (Å²) >= 11 is 0. The van der Waals surface area contributed by atoms with Crippen LogP contribution in [0.1, 0.15) is 43.9 Å². The van der Waals surface area contributed by atoms with Gasteiger partial charge >= 0.3 is 6.16 Å². The second-order valence-electron chi connectivity index (χ2n) is 8.04. The van der Waals surface area contributed by atoms with E-state index in [9.17, 15) is 9.59 Å². The first-order chi connectivity index (χ1) is 14.8. The summed E-state index contributed by atoms with van der Waals surface area (Å²) < 4.78 is 9.54. The first-order valence-electron chi connectivity index (χ1n) is 10.3. The molecule has 0 N–H and O–H groups in total. The number of fused-ring (bicyclic) bond motifs is 1. The van der Waals surface area contributed by atoms with Crippen LogP contribution in [0.15, 0.2) is 90.7 Å². The van der Waals surface area contributed by atoms with Crippen LogP contribution in [0.2, 0.25) is 0 Å². The molecule has 0 aliphatic heterocycles. The average Bonchev–Trinajstić information content (AvgIpc) is 2.95. The van der Waals surface area contributed by atoms with Gasteiger partial charge in [-0.25, -0.2) is 4.79 Å². The Bertz CT molecular complexity index is 1060. The number of hydrogen-bond donors (Lipinski definition) is 0. The van der Waals surface area contributed by atoms with Crippen molar-refractivity contribution in [3.8, 4) is 0 Å². The average molecular weight is 417 g/mol. The number of Topliss-reactive ketones (excluding diaryl/α,β-unsaturated/α-hetero) is 1. The number of carbonyl (C=O) groups excluding carboxylic acids is 2. The normalized spacial score (nSPS) is 19.9. The van der Waals surface area contributed by atoms with Gasteiger partial charge in [0, 0.05) is 0 Å². The minimum atomic E-state index is -0.973. The summed E-state index contributed by atoms with van der Waals surface area (Å²) in [5.74, 6) is 0.242. The van der Waals surface area contributed by atoms with Crippen LogP contribution in [0.5, 0.6) is 0 Å². The summed E-state index contributed by atoms with van der Waals surface area (Å²) in [6.07, 6.45) is 5.36. The van der Waals surface area contributed by atoms with Crippen molar-refractivity contribution in [2.45, 2.75) is 38.0 Å². The summed E-state index contributed by atoms with van der Waals surface area (Å²) in [6.45, 7) is 9.75. The van der Waals surface area contributed by atoms with E-state index in [2.05, 4.69) is 11.3 Å². The van der Waals surface area contributed by atoms with Crippen LogP contribution in [0.4, 0.5) is 4.79 Å². The number of ketones is 1. The lowest BCUT2D eigenvalue weighted by atomic mass is 9.67. The molecule has 0 aromatic heterocycles. The van der Waals surface area contributed by atoms with Crippen LogP contribution in [0.3, 0.4) is 0 Å². The monoisotopic (exact) mass is 416 g/mol. The van der Waals surface area contributed by atoms with Crippen LogP contribution in [-0.2, 0) is 25.1 Å². The molecule has 2 aromatic carbocycles. The summed E-state index contributed by atoms with van der Waals surface area (Å²) in [5.41, 5.74) is 2.08. The molecule has 0 saturated carbocycles. The minimum Gasteiger partial charge on any atom is -0.437 e. The molecule has 0 heterocycles. The fourth-order valence-corrected chi connectivity index (χ4v) is 4.43. The summed E-state index contributed by atoms with van der Waals surface area (Å²) in [6, 6.07) is 17.8. The second-order valence-corrected chi connectivity index (χ2v) is 8.04. The van der Waals surface area contributed by atoms with E-state index < -0.39 is 17.0 Å². The van der Waals surface area contributed by atoms with Crippen LogP contribution < -0.4 is 0 Å². The highest BCUT2D eigenvalue weighted by molar-refractivity contribution is 6.09. The molecule has 31 heavy (non-hydrogen) atoms. The zero-order valence-electron chi connectivity index (χ0n) is 18.5. The number of allylic oxidation sites excluding steroid dienone is 4. The maximum Gasteiger partial charge on any atom is 0.513 e. The van der Waals surface area contributed by atoms with Crippen molar-refractivity contribution in [3.05, 3.63) is 107 Å². The minimum absolute atomic E-state index is 0.108. The van der Waals surface area contributed by atoms with Gasteiger partial charge in [0.15, 0.2) is 5.78 Å². The number of carbonyl (C=O) groups is 2. The van der Waals surface area contributed by atoms with Gasteiger partial charge in [-0.2, -0.15) is 0 Å². The highest BCUT2D eigenvalue weighted by atomic mass is 16.7. The van der Waals surface area contributed by atoms with Crippen molar-refractivity contribution >= 4 is 11.9 Å². The van der Waals surface area contributed by atoms with Crippen molar-refractivity contribution in [1.29, 1.82) is 0 Å². The molecule has 0 saturated heterocycles. The van der Waals surface area contributed by atoms with E-state index in [-0.39, 0.29) is 11.5 Å². The number of benzene rings is 2. The lowest BCUT2D eigenvalue weighted by Crippen LogP contribution is -2.41. The van der Waals surface area contributed by atoms with Crippen molar-refractivity contribution in [2.24, 2.45) is 0 Å². The zero-order valence-corrected chi connectivity index (χ0v) is 18.5. The molecule has 0 fully saturated rings. The number of hydrogen-bond acceptors (Lipinski definition) is 4. The van der Waals surface area contributed by atoms with E-state index in [1.807, 2.05) is 87.5 Å². The third kappa shape index (κ3) is 3.74. The Hall–Kier alpha value is -3.40. The molecule has 0 amide bonds. The Morgan fingerprint density at radius 1 is 1.00 bits per heavy atom. The maximum absolute atomic E-state index is 14.2. The molecule has 2 aromatic rings. The number of ether oxygens (including phenoxy) is 2. The largest absolute Gasteiger partial charge is 0.513 e. The van der Waals surface area contributed by atoms with Gasteiger partial charge < -0.3 is 9.47 Å².